The molecule has 1 aromatic heterocycles. The molecule has 1 fully saturated rings. The number of unbranched alkanes of at least 4 members (excludes halogenated alkanes) is 1. The standard InChI is InChI=1S/C34H46Cl2N6O5S/c1-4-5-10-28(34(44)42-17-15-41(16-18-42)31(43)20-24(38)8-7-14-37)40-48(45,46)30-13-12-27(35)26(32(30)36)21-47-29-11-6-9-25-22(2)19-23(3)39-33(25)29/h6,9,11-13,19,24,28,40H,4-5,7-8,10,14-18,20-21,37-38H2,1-3H3/t24-,28+/m0/s1. The Balaban J connectivity index is 1.47. The third-order valence-corrected chi connectivity index (χ3v) is 11.0. The molecule has 0 spiro atoms. The number of carbonyl (C=O) groups is 2. The van der Waals surface area contributed by atoms with Crippen molar-refractivity contribution in [1.82, 2.24) is 19.5 Å². The molecule has 0 saturated carbocycles. The molecule has 0 bridgehead atoms. The van der Waals surface area contributed by atoms with Crippen LogP contribution in [-0.4, -0.2) is 79.8 Å². The SMILES string of the molecule is CCCC[C@@H](NS(=O)(=O)c1ccc(Cl)c(COc2cccc3c(C)cc(C)nc23)c1Cl)C(=O)N1CCN(C(=O)C[C@@H](N)CCCN)CC1. The molecule has 1 saturated heterocycles. The number of para-hydroxylation sites is 1. The van der Waals surface area contributed by atoms with Crippen LogP contribution in [0.4, 0.5) is 0 Å². The highest BCUT2D eigenvalue weighted by Gasteiger charge is 2.33. The molecule has 1 aliphatic rings. The van der Waals surface area contributed by atoms with Gasteiger partial charge in [-0.25, -0.2) is 13.4 Å². The monoisotopic (exact) mass is 720 g/mol. The number of pyridine rings is 1. The molecule has 0 unspecified atom stereocenters. The van der Waals surface area contributed by atoms with Crippen LogP contribution in [0, 0.1) is 13.8 Å². The second-order valence-electron chi connectivity index (χ2n) is 12.3. The first-order valence-electron chi connectivity index (χ1n) is 16.4. The van der Waals surface area contributed by atoms with Crippen LogP contribution in [0.2, 0.25) is 10.0 Å². The molecule has 262 valence electrons. The van der Waals surface area contributed by atoms with Gasteiger partial charge in [0, 0.05) is 60.3 Å². The smallest absolute Gasteiger partial charge is 0.242 e. The Kier molecular flexibility index (Phi) is 13.5. The molecule has 2 heterocycles. The van der Waals surface area contributed by atoms with E-state index in [1.807, 2.05) is 39.0 Å². The van der Waals surface area contributed by atoms with E-state index in [-0.39, 0.29) is 58.9 Å². The first-order valence-corrected chi connectivity index (χ1v) is 18.6. The van der Waals surface area contributed by atoms with E-state index in [9.17, 15) is 18.0 Å². The summed E-state index contributed by atoms with van der Waals surface area (Å²) in [5, 5.41) is 1.09. The van der Waals surface area contributed by atoms with Crippen molar-refractivity contribution >= 4 is 55.9 Å². The number of fused-ring (bicyclic) bond motifs is 1. The number of benzene rings is 2. The first-order chi connectivity index (χ1) is 22.9. The van der Waals surface area contributed by atoms with Crippen molar-refractivity contribution in [2.24, 2.45) is 11.5 Å². The summed E-state index contributed by atoms with van der Waals surface area (Å²) in [6.45, 7) is 7.56. The van der Waals surface area contributed by atoms with E-state index in [0.29, 0.717) is 55.7 Å². The van der Waals surface area contributed by atoms with Gasteiger partial charge in [0.25, 0.3) is 0 Å². The second-order valence-corrected chi connectivity index (χ2v) is 14.7. The maximum absolute atomic E-state index is 13.8. The highest BCUT2D eigenvalue weighted by Crippen LogP contribution is 2.34. The van der Waals surface area contributed by atoms with Crippen molar-refractivity contribution < 1.29 is 22.7 Å². The van der Waals surface area contributed by atoms with E-state index in [1.54, 1.807) is 15.9 Å². The fourth-order valence-corrected chi connectivity index (χ4v) is 7.97. The number of aromatic nitrogens is 1. The number of hydrogen-bond acceptors (Lipinski definition) is 8. The van der Waals surface area contributed by atoms with Crippen molar-refractivity contribution in [3.8, 4) is 5.75 Å². The number of amides is 2. The molecule has 14 heteroatoms. The number of nitrogens with zero attached hydrogens (tertiary/aromatic N) is 3. The number of piperazine rings is 1. The van der Waals surface area contributed by atoms with Gasteiger partial charge < -0.3 is 26.0 Å². The molecule has 2 amide bonds. The lowest BCUT2D eigenvalue weighted by Crippen LogP contribution is -2.56. The molecule has 5 N–H and O–H groups in total. The molecular formula is C34H46Cl2N6O5S. The van der Waals surface area contributed by atoms with Crippen LogP contribution in [0.1, 0.15) is 62.3 Å². The normalized spacial score (nSPS) is 15.1. The van der Waals surface area contributed by atoms with Crippen LogP contribution in [0.3, 0.4) is 0 Å². The Labute approximate surface area is 293 Å². The second kappa shape index (κ2) is 17.1. The Hall–Kier alpha value is -3.00. The molecule has 4 rings (SSSR count). The van der Waals surface area contributed by atoms with Crippen LogP contribution in [0.25, 0.3) is 10.9 Å². The minimum atomic E-state index is -4.26. The summed E-state index contributed by atoms with van der Waals surface area (Å²) >= 11 is 13.2. The van der Waals surface area contributed by atoms with Crippen molar-refractivity contribution in [1.29, 1.82) is 0 Å². The van der Waals surface area contributed by atoms with E-state index in [0.717, 1.165) is 29.5 Å². The molecule has 2 atom stereocenters. The molecule has 1 aliphatic heterocycles. The fraction of sp³-hybridized carbons (Fsp3) is 0.500. The number of hydrogen-bond donors (Lipinski definition) is 3. The van der Waals surface area contributed by atoms with Gasteiger partial charge in [-0.05, 0) is 69.5 Å². The molecule has 0 aliphatic carbocycles. The predicted octanol–water partition coefficient (Wildman–Crippen LogP) is 4.70. The Bertz CT molecular complexity index is 1720. The summed E-state index contributed by atoms with van der Waals surface area (Å²) in [4.78, 5) is 34.2. The van der Waals surface area contributed by atoms with Gasteiger partial charge in [-0.3, -0.25) is 9.59 Å². The molecule has 11 nitrogen and oxygen atoms in total. The summed E-state index contributed by atoms with van der Waals surface area (Å²) in [5.41, 5.74) is 14.5. The van der Waals surface area contributed by atoms with Gasteiger partial charge in [0.2, 0.25) is 21.8 Å². The van der Waals surface area contributed by atoms with E-state index >= 15 is 0 Å². The number of rotatable bonds is 15. The van der Waals surface area contributed by atoms with Crippen molar-refractivity contribution in [2.45, 2.75) is 82.9 Å². The number of carbonyl (C=O) groups excluding carboxylic acids is 2. The van der Waals surface area contributed by atoms with E-state index in [4.69, 9.17) is 39.4 Å². The average molecular weight is 722 g/mol. The van der Waals surface area contributed by atoms with Crippen LogP contribution in [0.5, 0.6) is 5.75 Å². The zero-order valence-corrected chi connectivity index (χ0v) is 30.1. The number of nitrogens with two attached hydrogens (primary N) is 2. The molecule has 2 aromatic carbocycles. The Morgan fingerprint density at radius 1 is 1.04 bits per heavy atom. The Morgan fingerprint density at radius 2 is 1.75 bits per heavy atom. The third-order valence-electron chi connectivity index (χ3n) is 8.55. The maximum Gasteiger partial charge on any atom is 0.242 e. The minimum Gasteiger partial charge on any atom is -0.487 e. The summed E-state index contributed by atoms with van der Waals surface area (Å²) < 4.78 is 36.3. The summed E-state index contributed by atoms with van der Waals surface area (Å²) in [7, 11) is -4.26. The van der Waals surface area contributed by atoms with E-state index < -0.39 is 16.1 Å². The van der Waals surface area contributed by atoms with Gasteiger partial charge >= 0.3 is 0 Å². The highest BCUT2D eigenvalue weighted by atomic mass is 35.5. The zero-order valence-electron chi connectivity index (χ0n) is 27.8. The van der Waals surface area contributed by atoms with Gasteiger partial charge in [0.05, 0.1) is 5.02 Å². The quantitative estimate of drug-likeness (QED) is 0.204. The van der Waals surface area contributed by atoms with Crippen molar-refractivity contribution in [3.63, 3.8) is 0 Å². The van der Waals surface area contributed by atoms with Crippen LogP contribution in [0.15, 0.2) is 41.3 Å². The lowest BCUT2D eigenvalue weighted by atomic mass is 10.1. The number of aryl methyl sites for hydroxylation is 2. The summed E-state index contributed by atoms with van der Waals surface area (Å²) in [6, 6.07) is 9.11. The highest BCUT2D eigenvalue weighted by molar-refractivity contribution is 7.89. The van der Waals surface area contributed by atoms with Crippen LogP contribution >= 0.6 is 23.2 Å². The molecule has 0 radical (unpaired) electrons. The fourth-order valence-electron chi connectivity index (χ4n) is 5.86. The summed E-state index contributed by atoms with van der Waals surface area (Å²) in [6.07, 6.45) is 3.35. The van der Waals surface area contributed by atoms with Crippen LogP contribution < -0.4 is 20.9 Å². The van der Waals surface area contributed by atoms with E-state index in [2.05, 4.69) is 9.71 Å². The number of sulfonamides is 1. The third kappa shape index (κ3) is 9.36. The van der Waals surface area contributed by atoms with Crippen molar-refractivity contribution in [2.75, 3.05) is 32.7 Å². The number of ether oxygens (including phenoxy) is 1. The molecule has 3 aromatic rings. The maximum atomic E-state index is 13.8. The van der Waals surface area contributed by atoms with E-state index in [1.165, 1.54) is 12.1 Å². The van der Waals surface area contributed by atoms with Gasteiger partial charge in [0.1, 0.15) is 28.8 Å². The minimum absolute atomic E-state index is 0.0611. The molecule has 48 heavy (non-hydrogen) atoms. The van der Waals surface area contributed by atoms with Crippen LogP contribution in [-0.2, 0) is 26.2 Å². The first kappa shape index (κ1) is 37.8. The van der Waals surface area contributed by atoms with Gasteiger partial charge in [-0.15, -0.1) is 0 Å². The predicted molar refractivity (Wildman–Crippen MR) is 190 cm³/mol. The summed E-state index contributed by atoms with van der Waals surface area (Å²) in [5.74, 6) is 0.106. The van der Waals surface area contributed by atoms with Gasteiger partial charge in [0.15, 0.2) is 0 Å². The lowest BCUT2D eigenvalue weighted by molar-refractivity contribution is -0.140. The number of nitrogens with one attached hydrogen (secondary N) is 1. The largest absolute Gasteiger partial charge is 0.487 e. The van der Waals surface area contributed by atoms with Gasteiger partial charge in [-0.1, -0.05) is 55.1 Å². The Morgan fingerprint density at radius 3 is 2.44 bits per heavy atom. The zero-order chi connectivity index (χ0) is 35.0. The topological polar surface area (TPSA) is 161 Å². The van der Waals surface area contributed by atoms with Crippen molar-refractivity contribution in [3.05, 3.63) is 63.3 Å². The number of halogens is 2. The van der Waals surface area contributed by atoms with Gasteiger partial charge in [-0.2, -0.15) is 4.72 Å². The molecular weight excluding hydrogens is 675 g/mol. The average Bonchev–Trinajstić information content (AvgIpc) is 3.05. The lowest BCUT2D eigenvalue weighted by Gasteiger charge is -2.37.